The first-order valence-corrected chi connectivity index (χ1v) is 6.63. The molecule has 0 N–H and O–H groups in total. The Labute approximate surface area is 121 Å². The third kappa shape index (κ3) is 2.46. The average Bonchev–Trinajstić information content (AvgIpc) is 2.53. The first-order chi connectivity index (χ1) is 10.2. The van der Waals surface area contributed by atoms with Crippen LogP contribution in [0.15, 0.2) is 60.2 Å². The summed E-state index contributed by atoms with van der Waals surface area (Å²) in [4.78, 5) is 36.3. The Balaban J connectivity index is 1.93. The zero-order valence-corrected chi connectivity index (χ0v) is 11.2. The van der Waals surface area contributed by atoms with Gasteiger partial charge in [-0.1, -0.05) is 54.6 Å². The fourth-order valence-corrected chi connectivity index (χ4v) is 2.38. The maximum atomic E-state index is 12.2. The van der Waals surface area contributed by atoms with E-state index in [-0.39, 0.29) is 17.8 Å². The van der Waals surface area contributed by atoms with Gasteiger partial charge >= 0.3 is 0 Å². The molecule has 0 heterocycles. The summed E-state index contributed by atoms with van der Waals surface area (Å²) in [5, 5.41) is 0. The van der Waals surface area contributed by atoms with Crippen molar-refractivity contribution in [2.24, 2.45) is 0 Å². The molecule has 21 heavy (non-hydrogen) atoms. The fourth-order valence-electron chi connectivity index (χ4n) is 2.38. The lowest BCUT2D eigenvalue weighted by Gasteiger charge is -2.13. The van der Waals surface area contributed by atoms with Crippen molar-refractivity contribution in [3.63, 3.8) is 0 Å². The van der Waals surface area contributed by atoms with Gasteiger partial charge in [0.15, 0.2) is 5.78 Å². The first kappa shape index (κ1) is 13.2. The average molecular weight is 276 g/mol. The number of rotatable bonds is 3. The highest BCUT2D eigenvalue weighted by Crippen LogP contribution is 2.24. The monoisotopic (exact) mass is 276 g/mol. The highest BCUT2D eigenvalue weighted by atomic mass is 16.2. The molecule has 0 amide bonds. The van der Waals surface area contributed by atoms with Gasteiger partial charge in [-0.15, -0.1) is 0 Å². The molecule has 0 saturated carbocycles. The lowest BCUT2D eigenvalue weighted by molar-refractivity contribution is -0.111. The Morgan fingerprint density at radius 1 is 0.810 bits per heavy atom. The standard InChI is InChI=1S/C18H12O3/c19-16(12-6-2-1-3-7-12)11-14-10-13-8-4-5-9-15(13)18(21)17(14)20/h1-10H,11H2. The van der Waals surface area contributed by atoms with Crippen LogP contribution >= 0.6 is 0 Å². The molecule has 0 radical (unpaired) electrons. The Morgan fingerprint density at radius 3 is 2.24 bits per heavy atom. The van der Waals surface area contributed by atoms with Gasteiger partial charge in [0.1, 0.15) is 0 Å². The molecule has 2 aromatic rings. The van der Waals surface area contributed by atoms with Crippen molar-refractivity contribution in [1.82, 2.24) is 0 Å². The van der Waals surface area contributed by atoms with E-state index in [0.717, 1.165) is 0 Å². The molecule has 2 aromatic carbocycles. The van der Waals surface area contributed by atoms with Crippen LogP contribution in [0, 0.1) is 0 Å². The Kier molecular flexibility index (Phi) is 3.32. The van der Waals surface area contributed by atoms with Crippen molar-refractivity contribution in [3.05, 3.63) is 76.9 Å². The molecule has 0 spiro atoms. The van der Waals surface area contributed by atoms with Crippen LogP contribution in [0.2, 0.25) is 0 Å². The van der Waals surface area contributed by atoms with E-state index in [0.29, 0.717) is 16.7 Å². The predicted molar refractivity (Wildman–Crippen MR) is 79.1 cm³/mol. The second-order valence-electron chi connectivity index (χ2n) is 4.88. The third-order valence-corrected chi connectivity index (χ3v) is 3.48. The van der Waals surface area contributed by atoms with Gasteiger partial charge in [-0.25, -0.2) is 0 Å². The summed E-state index contributed by atoms with van der Waals surface area (Å²) >= 11 is 0. The summed E-state index contributed by atoms with van der Waals surface area (Å²) in [6, 6.07) is 15.7. The van der Waals surface area contributed by atoms with E-state index in [1.54, 1.807) is 54.6 Å². The molecule has 3 heteroatoms. The smallest absolute Gasteiger partial charge is 0.233 e. The van der Waals surface area contributed by atoms with E-state index >= 15 is 0 Å². The van der Waals surface area contributed by atoms with Crippen molar-refractivity contribution in [1.29, 1.82) is 0 Å². The number of benzene rings is 2. The van der Waals surface area contributed by atoms with Crippen molar-refractivity contribution in [3.8, 4) is 0 Å². The number of hydrogen-bond acceptors (Lipinski definition) is 3. The zero-order chi connectivity index (χ0) is 14.8. The van der Waals surface area contributed by atoms with Crippen LogP contribution in [0.4, 0.5) is 0 Å². The summed E-state index contributed by atoms with van der Waals surface area (Å²) in [7, 11) is 0. The van der Waals surface area contributed by atoms with Crippen molar-refractivity contribution < 1.29 is 14.4 Å². The van der Waals surface area contributed by atoms with Gasteiger partial charge < -0.3 is 0 Å². The number of carbonyl (C=O) groups excluding carboxylic acids is 3. The van der Waals surface area contributed by atoms with Gasteiger partial charge in [-0.3, -0.25) is 14.4 Å². The van der Waals surface area contributed by atoms with Crippen LogP contribution in [0.25, 0.3) is 6.08 Å². The van der Waals surface area contributed by atoms with Crippen LogP contribution in [-0.2, 0) is 4.79 Å². The Hall–Kier alpha value is -2.81. The van der Waals surface area contributed by atoms with E-state index < -0.39 is 11.6 Å². The number of carbonyl (C=O) groups is 3. The second-order valence-corrected chi connectivity index (χ2v) is 4.88. The van der Waals surface area contributed by atoms with Gasteiger partial charge in [-0.05, 0) is 11.6 Å². The number of Topliss-reactive ketones (excluding diaryl/α,β-unsaturated/α-hetero) is 3. The third-order valence-electron chi connectivity index (χ3n) is 3.48. The highest BCUT2D eigenvalue weighted by molar-refractivity contribution is 6.52. The van der Waals surface area contributed by atoms with Gasteiger partial charge in [0, 0.05) is 23.1 Å². The Morgan fingerprint density at radius 2 is 1.48 bits per heavy atom. The molecular formula is C18H12O3. The van der Waals surface area contributed by atoms with Gasteiger partial charge in [0.25, 0.3) is 0 Å². The van der Waals surface area contributed by atoms with E-state index in [9.17, 15) is 14.4 Å². The van der Waals surface area contributed by atoms with Crippen molar-refractivity contribution >= 4 is 23.4 Å². The van der Waals surface area contributed by atoms with E-state index in [4.69, 9.17) is 0 Å². The molecular weight excluding hydrogens is 264 g/mol. The minimum Gasteiger partial charge on any atom is -0.294 e. The first-order valence-electron chi connectivity index (χ1n) is 6.63. The molecule has 3 nitrogen and oxygen atoms in total. The SMILES string of the molecule is O=C1C(=O)c2ccccc2C=C1CC(=O)c1ccccc1. The highest BCUT2D eigenvalue weighted by Gasteiger charge is 2.28. The number of allylic oxidation sites excluding steroid dienone is 1. The van der Waals surface area contributed by atoms with Crippen LogP contribution in [0.1, 0.15) is 32.7 Å². The summed E-state index contributed by atoms with van der Waals surface area (Å²) in [6.07, 6.45) is 1.59. The predicted octanol–water partition coefficient (Wildman–Crippen LogP) is 3.11. The molecule has 0 fully saturated rings. The molecule has 0 atom stereocenters. The maximum Gasteiger partial charge on any atom is 0.233 e. The largest absolute Gasteiger partial charge is 0.294 e. The molecule has 102 valence electrons. The lowest BCUT2D eigenvalue weighted by atomic mass is 9.87. The molecule has 0 unspecified atom stereocenters. The van der Waals surface area contributed by atoms with Crippen LogP contribution in [0.3, 0.4) is 0 Å². The van der Waals surface area contributed by atoms with Crippen molar-refractivity contribution in [2.45, 2.75) is 6.42 Å². The molecule has 1 aliphatic rings. The van der Waals surface area contributed by atoms with Crippen LogP contribution in [-0.4, -0.2) is 17.3 Å². The van der Waals surface area contributed by atoms with Crippen LogP contribution < -0.4 is 0 Å². The quantitative estimate of drug-likeness (QED) is 0.639. The molecule has 0 aliphatic heterocycles. The lowest BCUT2D eigenvalue weighted by Crippen LogP contribution is -2.22. The summed E-state index contributed by atoms with van der Waals surface area (Å²) in [6.45, 7) is 0. The molecule has 0 aromatic heterocycles. The molecule has 3 rings (SSSR count). The number of ketones is 3. The van der Waals surface area contributed by atoms with E-state index in [1.807, 2.05) is 6.07 Å². The van der Waals surface area contributed by atoms with Gasteiger partial charge in [0.05, 0.1) is 0 Å². The summed E-state index contributed by atoms with van der Waals surface area (Å²) in [5.41, 5.74) is 1.89. The molecule has 0 bridgehead atoms. The number of fused-ring (bicyclic) bond motifs is 1. The summed E-state index contributed by atoms with van der Waals surface area (Å²) < 4.78 is 0. The minimum atomic E-state index is -0.585. The van der Waals surface area contributed by atoms with E-state index in [1.165, 1.54) is 0 Å². The molecule has 1 aliphatic carbocycles. The topological polar surface area (TPSA) is 51.2 Å². The normalized spacial score (nSPS) is 13.6. The van der Waals surface area contributed by atoms with Gasteiger partial charge in [-0.2, -0.15) is 0 Å². The van der Waals surface area contributed by atoms with Gasteiger partial charge in [0.2, 0.25) is 11.6 Å². The number of hydrogen-bond donors (Lipinski definition) is 0. The maximum absolute atomic E-state index is 12.2. The summed E-state index contributed by atoms with van der Waals surface area (Å²) in [5.74, 6) is -1.29. The minimum absolute atomic E-state index is 0.0527. The van der Waals surface area contributed by atoms with Crippen molar-refractivity contribution in [2.75, 3.05) is 0 Å². The van der Waals surface area contributed by atoms with Crippen LogP contribution in [0.5, 0.6) is 0 Å². The fraction of sp³-hybridized carbons (Fsp3) is 0.0556. The Bertz CT molecular complexity index is 770. The molecule has 0 saturated heterocycles. The van der Waals surface area contributed by atoms with E-state index in [2.05, 4.69) is 0 Å². The second kappa shape index (κ2) is 5.29. The zero-order valence-electron chi connectivity index (χ0n) is 11.2.